The second-order valence-corrected chi connectivity index (χ2v) is 5.83. The van der Waals surface area contributed by atoms with E-state index in [1.54, 1.807) is 7.05 Å². The van der Waals surface area contributed by atoms with Crippen LogP contribution in [0.4, 0.5) is 11.6 Å². The van der Waals surface area contributed by atoms with Gasteiger partial charge in [-0.25, -0.2) is 4.68 Å². The number of benzene rings is 1. The van der Waals surface area contributed by atoms with Gasteiger partial charge in [0.2, 0.25) is 11.7 Å². The van der Waals surface area contributed by atoms with Gasteiger partial charge in [0.25, 0.3) is 5.91 Å². The summed E-state index contributed by atoms with van der Waals surface area (Å²) >= 11 is 0. The third kappa shape index (κ3) is 3.92. The molecule has 1 fully saturated rings. The Balaban J connectivity index is 0.00000243. The van der Waals surface area contributed by atoms with Crippen molar-refractivity contribution < 1.29 is 14.8 Å². The number of piperidine rings is 1. The number of nitro benzene ring substituents is 1. The fraction of sp³-hybridized carbons (Fsp3) is 0.400. The summed E-state index contributed by atoms with van der Waals surface area (Å²) in [6.07, 6.45) is 1.84. The number of phenolic OH excluding ortho intramolecular Hbond substituents is 1. The third-order valence-electron chi connectivity index (χ3n) is 4.17. The quantitative estimate of drug-likeness (QED) is 0.539. The van der Waals surface area contributed by atoms with Crippen LogP contribution in [0.5, 0.6) is 5.75 Å². The minimum atomic E-state index is -0.746. The van der Waals surface area contributed by atoms with Crippen molar-refractivity contribution in [1.82, 2.24) is 20.1 Å². The van der Waals surface area contributed by atoms with Crippen molar-refractivity contribution in [3.63, 3.8) is 0 Å². The van der Waals surface area contributed by atoms with E-state index < -0.39 is 22.3 Å². The molecule has 0 bridgehead atoms. The molecule has 1 aromatic carbocycles. The number of para-hydroxylation sites is 1. The number of aryl methyl sites for hydroxylation is 1. The monoisotopic (exact) mass is 382 g/mol. The van der Waals surface area contributed by atoms with E-state index in [9.17, 15) is 20.0 Å². The molecular weight excluding hydrogens is 364 g/mol. The SMILES string of the molecule is Cl.Cn1nc(C2CCNCC2)nc1NC(=O)c1cccc([N+](=O)[O-])c1O. The van der Waals surface area contributed by atoms with E-state index in [0.717, 1.165) is 32.0 Å². The summed E-state index contributed by atoms with van der Waals surface area (Å²) in [4.78, 5) is 26.8. The van der Waals surface area contributed by atoms with Crippen LogP contribution in [0.3, 0.4) is 0 Å². The van der Waals surface area contributed by atoms with Crippen LogP contribution >= 0.6 is 12.4 Å². The molecule has 0 atom stereocenters. The number of nitro groups is 1. The van der Waals surface area contributed by atoms with Crippen LogP contribution in [0, 0.1) is 10.1 Å². The fourth-order valence-electron chi connectivity index (χ4n) is 2.80. The summed E-state index contributed by atoms with van der Waals surface area (Å²) in [5.41, 5.74) is -0.721. The van der Waals surface area contributed by atoms with Crippen LogP contribution in [-0.4, -0.2) is 43.8 Å². The molecule has 1 aliphatic rings. The van der Waals surface area contributed by atoms with E-state index in [1.165, 1.54) is 16.8 Å². The second-order valence-electron chi connectivity index (χ2n) is 5.83. The third-order valence-corrected chi connectivity index (χ3v) is 4.17. The first-order chi connectivity index (χ1) is 12.0. The Hall–Kier alpha value is -2.72. The number of rotatable bonds is 4. The van der Waals surface area contributed by atoms with Crippen LogP contribution in [0.2, 0.25) is 0 Å². The fourth-order valence-corrected chi connectivity index (χ4v) is 2.80. The number of halogens is 1. The Bertz CT molecular complexity index is 818. The number of anilines is 1. The van der Waals surface area contributed by atoms with Crippen LogP contribution < -0.4 is 10.6 Å². The van der Waals surface area contributed by atoms with E-state index >= 15 is 0 Å². The minimum Gasteiger partial charge on any atom is -0.502 e. The molecule has 26 heavy (non-hydrogen) atoms. The van der Waals surface area contributed by atoms with Crippen LogP contribution in [-0.2, 0) is 7.05 Å². The Morgan fingerprint density at radius 2 is 2.12 bits per heavy atom. The lowest BCUT2D eigenvalue weighted by molar-refractivity contribution is -0.385. The Labute approximate surface area is 155 Å². The number of hydrogen-bond acceptors (Lipinski definition) is 7. The average Bonchev–Trinajstić information content (AvgIpc) is 2.96. The maximum atomic E-state index is 12.4. The minimum absolute atomic E-state index is 0. The summed E-state index contributed by atoms with van der Waals surface area (Å²) < 4.78 is 1.45. The van der Waals surface area contributed by atoms with Crippen molar-refractivity contribution in [2.24, 2.45) is 7.05 Å². The highest BCUT2D eigenvalue weighted by Gasteiger charge is 2.24. The number of phenols is 1. The van der Waals surface area contributed by atoms with Crippen molar-refractivity contribution in [2.75, 3.05) is 18.4 Å². The number of carbonyl (C=O) groups is 1. The average molecular weight is 383 g/mol. The van der Waals surface area contributed by atoms with Crippen molar-refractivity contribution in [2.45, 2.75) is 18.8 Å². The Kier molecular flexibility index (Phi) is 6.11. The molecule has 1 aliphatic heterocycles. The molecule has 1 aromatic heterocycles. The molecule has 1 saturated heterocycles. The maximum Gasteiger partial charge on any atom is 0.311 e. The smallest absolute Gasteiger partial charge is 0.311 e. The van der Waals surface area contributed by atoms with E-state index in [1.807, 2.05) is 0 Å². The molecular formula is C15H19ClN6O4. The predicted molar refractivity (Wildman–Crippen MR) is 95.8 cm³/mol. The normalized spacial score (nSPS) is 14.5. The number of carbonyl (C=O) groups excluding carboxylic acids is 1. The van der Waals surface area contributed by atoms with Crippen molar-refractivity contribution in [3.05, 3.63) is 39.7 Å². The molecule has 0 saturated carbocycles. The molecule has 0 radical (unpaired) electrons. The van der Waals surface area contributed by atoms with Gasteiger partial charge in [-0.2, -0.15) is 10.1 Å². The van der Waals surface area contributed by atoms with Gasteiger partial charge in [0, 0.05) is 19.0 Å². The van der Waals surface area contributed by atoms with Gasteiger partial charge in [-0.3, -0.25) is 20.2 Å². The van der Waals surface area contributed by atoms with Crippen molar-refractivity contribution in [1.29, 1.82) is 0 Å². The van der Waals surface area contributed by atoms with Gasteiger partial charge in [-0.15, -0.1) is 12.4 Å². The van der Waals surface area contributed by atoms with Gasteiger partial charge < -0.3 is 10.4 Å². The zero-order valence-electron chi connectivity index (χ0n) is 14.0. The lowest BCUT2D eigenvalue weighted by Gasteiger charge is -2.19. The van der Waals surface area contributed by atoms with Gasteiger partial charge in [0.1, 0.15) is 0 Å². The van der Waals surface area contributed by atoms with Gasteiger partial charge in [-0.05, 0) is 32.0 Å². The van der Waals surface area contributed by atoms with Crippen LogP contribution in [0.25, 0.3) is 0 Å². The molecule has 2 aromatic rings. The molecule has 3 N–H and O–H groups in total. The molecule has 140 valence electrons. The lowest BCUT2D eigenvalue weighted by atomic mass is 9.98. The molecule has 0 aliphatic carbocycles. The molecule has 0 spiro atoms. The molecule has 11 heteroatoms. The number of amides is 1. The van der Waals surface area contributed by atoms with E-state index in [-0.39, 0.29) is 29.8 Å². The highest BCUT2D eigenvalue weighted by molar-refractivity contribution is 6.06. The zero-order chi connectivity index (χ0) is 18.0. The Morgan fingerprint density at radius 1 is 1.42 bits per heavy atom. The highest BCUT2D eigenvalue weighted by atomic mass is 35.5. The topological polar surface area (TPSA) is 135 Å². The van der Waals surface area contributed by atoms with Crippen LogP contribution in [0.1, 0.15) is 34.9 Å². The van der Waals surface area contributed by atoms with Gasteiger partial charge in [0.05, 0.1) is 10.5 Å². The lowest BCUT2D eigenvalue weighted by Crippen LogP contribution is -2.27. The number of nitrogens with one attached hydrogen (secondary N) is 2. The first kappa shape index (κ1) is 19.6. The van der Waals surface area contributed by atoms with Gasteiger partial charge >= 0.3 is 5.69 Å². The molecule has 1 amide bonds. The summed E-state index contributed by atoms with van der Waals surface area (Å²) in [6.45, 7) is 1.79. The molecule has 10 nitrogen and oxygen atoms in total. The summed E-state index contributed by atoms with van der Waals surface area (Å²) in [6, 6.07) is 3.77. The predicted octanol–water partition coefficient (Wildman–Crippen LogP) is 1.57. The number of hydrogen-bond donors (Lipinski definition) is 3. The largest absolute Gasteiger partial charge is 0.502 e. The zero-order valence-corrected chi connectivity index (χ0v) is 14.8. The van der Waals surface area contributed by atoms with Crippen molar-refractivity contribution >= 4 is 29.9 Å². The summed E-state index contributed by atoms with van der Waals surface area (Å²) in [5, 5.41) is 31.0. The van der Waals surface area contributed by atoms with E-state index in [2.05, 4.69) is 20.7 Å². The summed E-state index contributed by atoms with van der Waals surface area (Å²) in [7, 11) is 1.65. The molecule has 2 heterocycles. The van der Waals surface area contributed by atoms with Crippen molar-refractivity contribution in [3.8, 4) is 5.75 Å². The highest BCUT2D eigenvalue weighted by Crippen LogP contribution is 2.30. The number of nitrogens with zero attached hydrogens (tertiary/aromatic N) is 4. The van der Waals surface area contributed by atoms with Gasteiger partial charge in [-0.1, -0.05) is 6.07 Å². The number of aromatic hydroxyl groups is 1. The maximum absolute atomic E-state index is 12.4. The first-order valence-corrected chi connectivity index (χ1v) is 7.86. The standard InChI is InChI=1S/C15H18N6O4.ClH/c1-20-15(17-13(19-20)9-5-7-16-8-6-9)18-14(23)10-3-2-4-11(12(10)22)21(24)25;/h2-4,9,16,22H,5-8H2,1H3,(H,17,18,19,23);1H. The van der Waals surface area contributed by atoms with E-state index in [0.29, 0.717) is 5.82 Å². The molecule has 0 unspecified atom stereocenters. The van der Waals surface area contributed by atoms with Crippen LogP contribution in [0.15, 0.2) is 18.2 Å². The number of aromatic nitrogens is 3. The Morgan fingerprint density at radius 3 is 2.77 bits per heavy atom. The molecule has 3 rings (SSSR count). The summed E-state index contributed by atoms with van der Waals surface area (Å²) in [5.74, 6) is -0.254. The first-order valence-electron chi connectivity index (χ1n) is 7.86. The van der Waals surface area contributed by atoms with E-state index in [4.69, 9.17) is 0 Å². The van der Waals surface area contributed by atoms with Gasteiger partial charge in [0.15, 0.2) is 5.82 Å². The second kappa shape index (κ2) is 8.11.